The van der Waals surface area contributed by atoms with Gasteiger partial charge in [0.05, 0.1) is 18.4 Å². The van der Waals surface area contributed by atoms with E-state index in [0.717, 1.165) is 0 Å². The molecule has 4 unspecified atom stereocenters. The molecule has 0 aliphatic carbocycles. The maximum absolute atomic E-state index is 12.0. The smallest absolute Gasteiger partial charge is 0.341 e. The van der Waals surface area contributed by atoms with E-state index in [9.17, 15) is 29.1 Å². The fraction of sp³-hybridized carbons (Fsp3) is 0.778. The molecule has 0 rings (SSSR count). The third-order valence-electron chi connectivity index (χ3n) is 2.37. The number of aliphatic hydroxyl groups is 4. The van der Waals surface area contributed by atoms with E-state index in [0.29, 0.717) is 0 Å². The molecule has 0 aromatic heterocycles. The summed E-state index contributed by atoms with van der Waals surface area (Å²) in [6, 6.07) is -2.96. The first-order chi connectivity index (χ1) is 9.42. The largest absolute Gasteiger partial charge is 0.394 e. The zero-order chi connectivity index (χ0) is 15.7. The molecule has 10 nitrogen and oxygen atoms in total. The van der Waals surface area contributed by atoms with Gasteiger partial charge in [0.1, 0.15) is 37.3 Å². The van der Waals surface area contributed by atoms with Crippen molar-refractivity contribution >= 4 is 12.3 Å². The molecule has 0 bridgehead atoms. The third-order valence-corrected chi connectivity index (χ3v) is 2.37. The summed E-state index contributed by atoms with van der Waals surface area (Å²) in [6.45, 7) is -2.60. The monoisotopic (exact) mass is 297 g/mol. The van der Waals surface area contributed by atoms with Gasteiger partial charge < -0.3 is 30.5 Å². The van der Waals surface area contributed by atoms with E-state index in [1.165, 1.54) is 0 Å². The average molecular weight is 297 g/mol. The minimum Gasteiger partial charge on any atom is -0.394 e. The lowest BCUT2D eigenvalue weighted by atomic mass is 10.0. The van der Waals surface area contributed by atoms with Crippen molar-refractivity contribution in [2.75, 3.05) is 19.8 Å². The summed E-state index contributed by atoms with van der Waals surface area (Å²) in [5, 5.41) is 40.8. The lowest BCUT2D eigenvalue weighted by Crippen LogP contribution is -2.55. The first-order valence-corrected chi connectivity index (χ1v) is 5.50. The molecular weight excluding hydrogens is 281 g/mol. The standard InChI is InChI=1S/C9H16FN3O7/c10-1-2-13(12-20)9(19)11-5(3-14)7(17)8(18)6(16)4-15/h3,5-8,15-18H,1-2,4H2,(H,11,19). The molecule has 11 heteroatoms. The van der Waals surface area contributed by atoms with E-state index in [-0.39, 0.29) is 11.3 Å². The number of hydrogen-bond acceptors (Lipinski definition) is 8. The molecule has 0 aliphatic heterocycles. The van der Waals surface area contributed by atoms with Crippen LogP contribution in [0.25, 0.3) is 0 Å². The SMILES string of the molecule is O=CC(NC(=O)N(CCF)N=O)C(O)C(O)C(O)CO. The molecule has 0 fully saturated rings. The van der Waals surface area contributed by atoms with Gasteiger partial charge in [-0.2, -0.15) is 5.01 Å². The van der Waals surface area contributed by atoms with Crippen molar-refractivity contribution in [3.63, 3.8) is 0 Å². The number of nitrogens with zero attached hydrogens (tertiary/aromatic N) is 2. The molecule has 0 aliphatic rings. The molecule has 5 N–H and O–H groups in total. The molecule has 0 saturated heterocycles. The number of carbonyl (C=O) groups is 2. The van der Waals surface area contributed by atoms with E-state index < -0.39 is 50.2 Å². The Morgan fingerprint density at radius 1 is 1.35 bits per heavy atom. The Hall–Kier alpha value is -1.69. The zero-order valence-electron chi connectivity index (χ0n) is 10.3. The van der Waals surface area contributed by atoms with Crippen molar-refractivity contribution in [3.05, 3.63) is 4.91 Å². The first-order valence-electron chi connectivity index (χ1n) is 5.50. The minimum atomic E-state index is -1.95. The second-order valence-electron chi connectivity index (χ2n) is 3.74. The summed E-state index contributed by atoms with van der Waals surface area (Å²) < 4.78 is 12.0. The van der Waals surface area contributed by atoms with Gasteiger partial charge in [0.15, 0.2) is 0 Å². The Morgan fingerprint density at radius 3 is 2.35 bits per heavy atom. The van der Waals surface area contributed by atoms with Gasteiger partial charge in [0.25, 0.3) is 0 Å². The van der Waals surface area contributed by atoms with Gasteiger partial charge in [-0.25, -0.2) is 9.18 Å². The second kappa shape index (κ2) is 9.25. The number of alkyl halides is 1. The van der Waals surface area contributed by atoms with Gasteiger partial charge in [-0.05, 0) is 0 Å². The average Bonchev–Trinajstić information content (AvgIpc) is 2.47. The van der Waals surface area contributed by atoms with Crippen LogP contribution in [0.4, 0.5) is 9.18 Å². The normalized spacial score (nSPS) is 16.6. The van der Waals surface area contributed by atoms with Crippen LogP contribution in [-0.2, 0) is 4.79 Å². The number of carbonyl (C=O) groups excluding carboxylic acids is 2. The van der Waals surface area contributed by atoms with Crippen molar-refractivity contribution in [1.29, 1.82) is 0 Å². The Kier molecular flexibility index (Phi) is 8.47. The fourth-order valence-electron chi connectivity index (χ4n) is 1.22. The van der Waals surface area contributed by atoms with E-state index in [2.05, 4.69) is 5.29 Å². The van der Waals surface area contributed by atoms with Crippen LogP contribution < -0.4 is 5.32 Å². The lowest BCUT2D eigenvalue weighted by molar-refractivity contribution is -0.119. The van der Waals surface area contributed by atoms with Gasteiger partial charge in [-0.1, -0.05) is 0 Å². The Balaban J connectivity index is 4.72. The molecule has 2 amide bonds. The van der Waals surface area contributed by atoms with Gasteiger partial charge in [-0.15, -0.1) is 4.91 Å². The summed E-state index contributed by atoms with van der Waals surface area (Å²) in [5.41, 5.74) is 0. The molecule has 116 valence electrons. The highest BCUT2D eigenvalue weighted by Crippen LogP contribution is 2.05. The third kappa shape index (κ3) is 5.13. The van der Waals surface area contributed by atoms with Crippen LogP contribution >= 0.6 is 0 Å². The van der Waals surface area contributed by atoms with Gasteiger partial charge in [-0.3, -0.25) is 0 Å². The maximum Gasteiger partial charge on any atom is 0.341 e. The molecule has 0 aromatic carbocycles. The predicted octanol–water partition coefficient (Wildman–Crippen LogP) is -2.71. The summed E-state index contributed by atoms with van der Waals surface area (Å²) in [5.74, 6) is 0. The fourth-order valence-corrected chi connectivity index (χ4v) is 1.22. The number of nitrogens with one attached hydrogen (secondary N) is 1. The van der Waals surface area contributed by atoms with Crippen molar-refractivity contribution < 1.29 is 34.4 Å². The van der Waals surface area contributed by atoms with Crippen molar-refractivity contribution in [2.24, 2.45) is 5.29 Å². The van der Waals surface area contributed by atoms with E-state index in [4.69, 9.17) is 10.2 Å². The van der Waals surface area contributed by atoms with E-state index in [1.807, 2.05) is 5.32 Å². The van der Waals surface area contributed by atoms with Crippen LogP contribution in [0, 0.1) is 4.91 Å². The van der Waals surface area contributed by atoms with Crippen LogP contribution in [0.5, 0.6) is 0 Å². The highest BCUT2D eigenvalue weighted by molar-refractivity contribution is 5.78. The van der Waals surface area contributed by atoms with Crippen molar-refractivity contribution in [2.45, 2.75) is 24.4 Å². The predicted molar refractivity (Wildman–Crippen MR) is 62.0 cm³/mol. The minimum absolute atomic E-state index is 0.0360. The van der Waals surface area contributed by atoms with Crippen molar-refractivity contribution in [1.82, 2.24) is 10.3 Å². The molecular formula is C9H16FN3O7. The van der Waals surface area contributed by atoms with Crippen LogP contribution in [0.3, 0.4) is 0 Å². The van der Waals surface area contributed by atoms with Gasteiger partial charge in [0.2, 0.25) is 0 Å². The molecule has 0 aromatic rings. The summed E-state index contributed by atoms with van der Waals surface area (Å²) in [6.07, 6.45) is -5.57. The van der Waals surface area contributed by atoms with Crippen LogP contribution in [-0.4, -0.2) is 81.9 Å². The molecule has 0 heterocycles. The first kappa shape index (κ1) is 18.3. The molecule has 0 spiro atoms. The molecule has 0 saturated carbocycles. The van der Waals surface area contributed by atoms with Crippen LogP contribution in [0.1, 0.15) is 0 Å². The quantitative estimate of drug-likeness (QED) is 0.176. The lowest BCUT2D eigenvalue weighted by Gasteiger charge is -2.26. The number of rotatable bonds is 9. The Labute approximate surface area is 112 Å². The summed E-state index contributed by atoms with van der Waals surface area (Å²) >= 11 is 0. The number of nitroso groups, excluding NO2 is 1. The maximum atomic E-state index is 12.0. The molecule has 4 atom stereocenters. The highest BCUT2D eigenvalue weighted by atomic mass is 19.1. The highest BCUT2D eigenvalue weighted by Gasteiger charge is 2.33. The Bertz CT molecular complexity index is 333. The van der Waals surface area contributed by atoms with Gasteiger partial charge >= 0.3 is 6.03 Å². The number of hydrogen-bond donors (Lipinski definition) is 5. The topological polar surface area (TPSA) is 160 Å². The molecule has 0 radical (unpaired) electrons. The van der Waals surface area contributed by atoms with Gasteiger partial charge in [0, 0.05) is 0 Å². The van der Waals surface area contributed by atoms with Crippen molar-refractivity contribution in [3.8, 4) is 0 Å². The number of amides is 2. The number of aliphatic hydroxyl groups excluding tert-OH is 4. The number of urea groups is 1. The zero-order valence-corrected chi connectivity index (χ0v) is 10.3. The molecule has 20 heavy (non-hydrogen) atoms. The van der Waals surface area contributed by atoms with E-state index in [1.54, 1.807) is 0 Å². The summed E-state index contributed by atoms with van der Waals surface area (Å²) in [7, 11) is 0. The number of halogens is 1. The second-order valence-corrected chi connectivity index (χ2v) is 3.74. The van der Waals surface area contributed by atoms with Crippen LogP contribution in [0.2, 0.25) is 0 Å². The number of aldehydes is 1. The Morgan fingerprint density at radius 2 is 1.95 bits per heavy atom. The summed E-state index contributed by atoms with van der Waals surface area (Å²) in [4.78, 5) is 32.4. The van der Waals surface area contributed by atoms with Crippen LogP contribution in [0.15, 0.2) is 5.29 Å². The van der Waals surface area contributed by atoms with E-state index >= 15 is 0 Å².